The number of para-hydroxylation sites is 1. The van der Waals surface area contributed by atoms with Crippen molar-refractivity contribution in [1.29, 1.82) is 0 Å². The molecular weight excluding hydrogens is 324 g/mol. The molecule has 4 aromatic rings. The van der Waals surface area contributed by atoms with E-state index in [1.807, 2.05) is 24.4 Å². The highest BCUT2D eigenvalue weighted by Crippen LogP contribution is 2.23. The molecule has 0 aliphatic rings. The lowest BCUT2D eigenvalue weighted by atomic mass is 10.1. The van der Waals surface area contributed by atoms with Gasteiger partial charge in [0.05, 0.1) is 0 Å². The van der Waals surface area contributed by atoms with Gasteiger partial charge in [0.1, 0.15) is 5.58 Å². The fraction of sp³-hybridized carbons (Fsp3) is 0.105. The zero-order chi connectivity index (χ0) is 16.5. The molecule has 24 heavy (non-hydrogen) atoms. The second-order valence-electron chi connectivity index (χ2n) is 5.66. The quantitative estimate of drug-likeness (QED) is 0.574. The Balaban J connectivity index is 1.44. The van der Waals surface area contributed by atoms with Crippen molar-refractivity contribution in [2.45, 2.75) is 6.42 Å². The molecule has 0 saturated carbocycles. The summed E-state index contributed by atoms with van der Waals surface area (Å²) in [5.74, 6) is 0.0772. The number of hydrogen-bond acceptors (Lipinski definition) is 2. The number of carbonyl (C=O) groups excluding carboxylic acids is 1. The topological polar surface area (TPSA) is 58.0 Å². The Hall–Kier alpha value is -2.72. The van der Waals surface area contributed by atoms with Crippen molar-refractivity contribution in [3.05, 3.63) is 71.1 Å². The summed E-state index contributed by atoms with van der Waals surface area (Å²) in [4.78, 5) is 15.5. The molecule has 0 fully saturated rings. The van der Waals surface area contributed by atoms with Gasteiger partial charge in [-0.1, -0.05) is 29.8 Å². The van der Waals surface area contributed by atoms with Crippen LogP contribution in [0.15, 0.2) is 59.1 Å². The number of hydrogen-bond donors (Lipinski definition) is 2. The molecule has 0 atom stereocenters. The Morgan fingerprint density at radius 3 is 2.96 bits per heavy atom. The summed E-state index contributed by atoms with van der Waals surface area (Å²) in [6.07, 6.45) is 2.74. The van der Waals surface area contributed by atoms with Crippen LogP contribution in [0.1, 0.15) is 16.1 Å². The first-order valence-corrected chi connectivity index (χ1v) is 8.11. The molecule has 4 nitrogen and oxygen atoms in total. The summed E-state index contributed by atoms with van der Waals surface area (Å²) in [5, 5.41) is 5.53. The van der Waals surface area contributed by atoms with Crippen LogP contribution in [0.25, 0.3) is 21.9 Å². The number of halogens is 1. The van der Waals surface area contributed by atoms with Crippen LogP contribution in [0.5, 0.6) is 0 Å². The van der Waals surface area contributed by atoms with Crippen LogP contribution >= 0.6 is 11.6 Å². The van der Waals surface area contributed by atoms with Crippen LogP contribution < -0.4 is 5.32 Å². The molecule has 2 aromatic heterocycles. The van der Waals surface area contributed by atoms with Gasteiger partial charge in [-0.05, 0) is 42.3 Å². The third-order valence-electron chi connectivity index (χ3n) is 4.06. The Morgan fingerprint density at radius 2 is 2.04 bits per heavy atom. The fourth-order valence-corrected chi connectivity index (χ4v) is 3.04. The van der Waals surface area contributed by atoms with Crippen LogP contribution in [0.3, 0.4) is 0 Å². The third-order valence-corrected chi connectivity index (χ3v) is 4.29. The highest BCUT2D eigenvalue weighted by atomic mass is 35.5. The Labute approximate surface area is 143 Å². The van der Waals surface area contributed by atoms with Crippen LogP contribution in [0.2, 0.25) is 5.02 Å². The van der Waals surface area contributed by atoms with Crippen molar-refractivity contribution >= 4 is 39.4 Å². The summed E-state index contributed by atoms with van der Waals surface area (Å²) >= 11 is 5.95. The molecule has 2 aromatic carbocycles. The molecule has 4 rings (SSSR count). The molecular formula is C19H15ClN2O2. The number of aromatic nitrogens is 1. The maximum absolute atomic E-state index is 12.2. The normalized spacial score (nSPS) is 11.2. The third kappa shape index (κ3) is 2.76. The summed E-state index contributed by atoms with van der Waals surface area (Å²) < 4.78 is 5.57. The van der Waals surface area contributed by atoms with Crippen molar-refractivity contribution in [3.63, 3.8) is 0 Å². The van der Waals surface area contributed by atoms with E-state index >= 15 is 0 Å². The fourth-order valence-electron chi connectivity index (χ4n) is 2.86. The number of aromatic amines is 1. The van der Waals surface area contributed by atoms with Gasteiger partial charge in [0.25, 0.3) is 5.91 Å². The van der Waals surface area contributed by atoms with Gasteiger partial charge >= 0.3 is 0 Å². The summed E-state index contributed by atoms with van der Waals surface area (Å²) in [6.45, 7) is 0.540. The number of H-pyrrole nitrogens is 1. The zero-order valence-electron chi connectivity index (χ0n) is 12.8. The van der Waals surface area contributed by atoms with E-state index in [-0.39, 0.29) is 5.91 Å². The summed E-state index contributed by atoms with van der Waals surface area (Å²) in [5.41, 5.74) is 2.94. The molecule has 1 amide bonds. The predicted octanol–water partition coefficient (Wildman–Crippen LogP) is 4.54. The molecule has 5 heteroatoms. The largest absolute Gasteiger partial charge is 0.451 e. The summed E-state index contributed by atoms with van der Waals surface area (Å²) in [7, 11) is 0. The van der Waals surface area contributed by atoms with E-state index in [1.165, 1.54) is 10.9 Å². The lowest BCUT2D eigenvalue weighted by Crippen LogP contribution is -2.25. The Bertz CT molecular complexity index is 1030. The van der Waals surface area contributed by atoms with Gasteiger partial charge < -0.3 is 14.7 Å². The van der Waals surface area contributed by atoms with E-state index in [0.29, 0.717) is 22.9 Å². The van der Waals surface area contributed by atoms with Crippen LogP contribution in [-0.2, 0) is 6.42 Å². The number of fused-ring (bicyclic) bond motifs is 2. The van der Waals surface area contributed by atoms with Gasteiger partial charge in [0, 0.05) is 34.1 Å². The highest BCUT2D eigenvalue weighted by molar-refractivity contribution is 6.31. The van der Waals surface area contributed by atoms with Crippen molar-refractivity contribution in [1.82, 2.24) is 10.3 Å². The first-order chi connectivity index (χ1) is 11.7. The number of nitrogens with one attached hydrogen (secondary N) is 2. The van der Waals surface area contributed by atoms with E-state index in [2.05, 4.69) is 16.4 Å². The molecule has 0 aliphatic heterocycles. The Morgan fingerprint density at radius 1 is 1.17 bits per heavy atom. The Kier molecular flexibility index (Phi) is 3.75. The minimum atomic E-state index is -0.220. The van der Waals surface area contributed by atoms with E-state index in [0.717, 1.165) is 17.3 Å². The van der Waals surface area contributed by atoms with Crippen molar-refractivity contribution in [3.8, 4) is 0 Å². The number of amides is 1. The molecule has 120 valence electrons. The molecule has 0 saturated heterocycles. The van der Waals surface area contributed by atoms with Crippen molar-refractivity contribution in [2.75, 3.05) is 6.54 Å². The standard InChI is InChI=1S/C19H15ClN2O2/c20-14-5-6-17-13(9-14)10-18(24-17)19(23)21-8-7-12-11-22-16-4-2-1-3-15(12)16/h1-6,9-11,22H,7-8H2,(H,21,23). The lowest BCUT2D eigenvalue weighted by molar-refractivity contribution is 0.0928. The SMILES string of the molecule is O=C(NCCc1c[nH]c2ccccc12)c1cc2cc(Cl)ccc2o1. The van der Waals surface area contributed by atoms with Crippen molar-refractivity contribution in [2.24, 2.45) is 0 Å². The average molecular weight is 339 g/mol. The zero-order valence-corrected chi connectivity index (χ0v) is 13.6. The van der Waals surface area contributed by atoms with Gasteiger partial charge in [-0.3, -0.25) is 4.79 Å². The van der Waals surface area contributed by atoms with Gasteiger partial charge in [-0.25, -0.2) is 0 Å². The minimum absolute atomic E-state index is 0.220. The second-order valence-corrected chi connectivity index (χ2v) is 6.09. The maximum atomic E-state index is 12.2. The van der Waals surface area contributed by atoms with Crippen LogP contribution in [0.4, 0.5) is 0 Å². The molecule has 0 unspecified atom stereocenters. The van der Waals surface area contributed by atoms with Gasteiger partial charge in [0.2, 0.25) is 0 Å². The van der Waals surface area contributed by atoms with Gasteiger partial charge in [-0.2, -0.15) is 0 Å². The first-order valence-electron chi connectivity index (χ1n) is 7.73. The number of carbonyl (C=O) groups is 1. The first kappa shape index (κ1) is 14.8. The number of benzene rings is 2. The number of rotatable bonds is 4. The van der Waals surface area contributed by atoms with Gasteiger partial charge in [0.15, 0.2) is 5.76 Å². The number of furan rings is 1. The second kappa shape index (κ2) is 6.06. The smallest absolute Gasteiger partial charge is 0.287 e. The predicted molar refractivity (Wildman–Crippen MR) is 95.6 cm³/mol. The lowest BCUT2D eigenvalue weighted by Gasteiger charge is -2.02. The van der Waals surface area contributed by atoms with Crippen LogP contribution in [-0.4, -0.2) is 17.4 Å². The van der Waals surface area contributed by atoms with E-state index in [4.69, 9.17) is 16.0 Å². The molecule has 0 radical (unpaired) electrons. The maximum Gasteiger partial charge on any atom is 0.287 e. The van der Waals surface area contributed by atoms with E-state index in [9.17, 15) is 4.79 Å². The molecule has 0 bridgehead atoms. The van der Waals surface area contributed by atoms with E-state index < -0.39 is 0 Å². The van der Waals surface area contributed by atoms with Crippen LogP contribution in [0, 0.1) is 0 Å². The molecule has 0 aliphatic carbocycles. The van der Waals surface area contributed by atoms with Gasteiger partial charge in [-0.15, -0.1) is 0 Å². The van der Waals surface area contributed by atoms with E-state index in [1.54, 1.807) is 24.3 Å². The average Bonchev–Trinajstić information content (AvgIpc) is 3.18. The molecule has 0 spiro atoms. The highest BCUT2D eigenvalue weighted by Gasteiger charge is 2.12. The summed E-state index contributed by atoms with van der Waals surface area (Å²) in [6, 6.07) is 15.1. The minimum Gasteiger partial charge on any atom is -0.451 e. The molecule has 2 N–H and O–H groups in total. The monoisotopic (exact) mass is 338 g/mol. The molecule has 2 heterocycles. The van der Waals surface area contributed by atoms with Crippen molar-refractivity contribution < 1.29 is 9.21 Å².